The number of ether oxygens (including phenoxy) is 2. The van der Waals surface area contributed by atoms with E-state index < -0.39 is 9.84 Å². The molecule has 0 radical (unpaired) electrons. The van der Waals surface area contributed by atoms with E-state index in [1.807, 2.05) is 18.2 Å². The summed E-state index contributed by atoms with van der Waals surface area (Å²) in [4.78, 5) is 4.33. The van der Waals surface area contributed by atoms with Gasteiger partial charge in [-0.25, -0.2) is 8.42 Å². The largest absolute Gasteiger partial charge is 0.493 e. The third-order valence-corrected chi connectivity index (χ3v) is 5.81. The fourth-order valence-corrected chi connectivity index (χ4v) is 4.40. The van der Waals surface area contributed by atoms with Crippen molar-refractivity contribution in [1.82, 2.24) is 15.2 Å². The van der Waals surface area contributed by atoms with Crippen molar-refractivity contribution in [3.05, 3.63) is 30.0 Å². The average Bonchev–Trinajstić information content (AvgIpc) is 2.98. The lowest BCUT2D eigenvalue weighted by atomic mass is 10.2. The van der Waals surface area contributed by atoms with Crippen molar-refractivity contribution >= 4 is 21.6 Å². The predicted octanol–water partition coefficient (Wildman–Crippen LogP) is 1.10. The monoisotopic (exact) mass is 379 g/mol. The Kier molecular flexibility index (Phi) is 5.40. The molecule has 0 saturated carbocycles. The molecule has 2 heterocycles. The van der Waals surface area contributed by atoms with Crippen LogP contribution >= 0.6 is 0 Å². The number of hydrogen-bond acceptors (Lipinski definition) is 9. The zero-order chi connectivity index (χ0) is 18.6. The second-order valence-corrected chi connectivity index (χ2v) is 8.18. The van der Waals surface area contributed by atoms with Crippen LogP contribution in [0.25, 0.3) is 0 Å². The van der Waals surface area contributed by atoms with Crippen LogP contribution in [0.3, 0.4) is 0 Å². The molecule has 1 saturated heterocycles. The van der Waals surface area contributed by atoms with Crippen LogP contribution in [-0.2, 0) is 16.4 Å². The first-order valence-corrected chi connectivity index (χ1v) is 9.92. The molecule has 2 N–H and O–H groups in total. The van der Waals surface area contributed by atoms with E-state index in [1.165, 1.54) is 6.20 Å². The van der Waals surface area contributed by atoms with Crippen LogP contribution < -0.4 is 20.1 Å². The maximum absolute atomic E-state index is 11.5. The topological polar surface area (TPSA) is 115 Å². The molecule has 0 amide bonds. The van der Waals surface area contributed by atoms with Gasteiger partial charge in [-0.1, -0.05) is 6.07 Å². The van der Waals surface area contributed by atoms with E-state index in [0.717, 1.165) is 5.56 Å². The van der Waals surface area contributed by atoms with Crippen molar-refractivity contribution in [1.29, 1.82) is 0 Å². The van der Waals surface area contributed by atoms with E-state index in [1.54, 1.807) is 14.2 Å². The van der Waals surface area contributed by atoms with Crippen molar-refractivity contribution in [2.75, 3.05) is 36.4 Å². The number of aromatic nitrogens is 3. The lowest BCUT2D eigenvalue weighted by molar-refractivity contribution is 0.354. The highest BCUT2D eigenvalue weighted by molar-refractivity contribution is 7.91. The van der Waals surface area contributed by atoms with Crippen molar-refractivity contribution < 1.29 is 17.9 Å². The summed E-state index contributed by atoms with van der Waals surface area (Å²) in [6.45, 7) is 0.510. The van der Waals surface area contributed by atoms with Gasteiger partial charge in [-0.05, 0) is 24.1 Å². The number of nitrogens with zero attached hydrogens (tertiary/aromatic N) is 3. The standard InChI is InChI=1S/C16H21N5O4S/c1-24-13-4-3-11(7-14(13)25-2)8-17-15-9-18-21-16(20-15)19-12-5-6-26(22,23)10-12/h3-4,7,9,12H,5-6,8,10H2,1-2H3,(H2,17,19,20,21). The zero-order valence-corrected chi connectivity index (χ0v) is 15.4. The Hall–Kier alpha value is -2.62. The first-order valence-electron chi connectivity index (χ1n) is 8.10. The van der Waals surface area contributed by atoms with Gasteiger partial charge < -0.3 is 20.1 Å². The number of hydrogen-bond donors (Lipinski definition) is 2. The van der Waals surface area contributed by atoms with Crippen LogP contribution in [0, 0.1) is 0 Å². The van der Waals surface area contributed by atoms with Gasteiger partial charge in [0.05, 0.1) is 31.9 Å². The molecule has 1 aromatic carbocycles. The van der Waals surface area contributed by atoms with Gasteiger partial charge >= 0.3 is 0 Å². The van der Waals surface area contributed by atoms with Crippen LogP contribution in [0.4, 0.5) is 11.8 Å². The van der Waals surface area contributed by atoms with Crippen molar-refractivity contribution in [2.24, 2.45) is 0 Å². The van der Waals surface area contributed by atoms with Gasteiger partial charge in [-0.2, -0.15) is 10.1 Å². The van der Waals surface area contributed by atoms with E-state index in [2.05, 4.69) is 25.8 Å². The van der Waals surface area contributed by atoms with Gasteiger partial charge in [-0.15, -0.1) is 5.10 Å². The molecular formula is C16H21N5O4S. The Morgan fingerprint density at radius 3 is 2.73 bits per heavy atom. The third kappa shape index (κ3) is 4.51. The highest BCUT2D eigenvalue weighted by atomic mass is 32.2. The Balaban J connectivity index is 1.62. The minimum Gasteiger partial charge on any atom is -0.493 e. The molecule has 2 aromatic rings. The predicted molar refractivity (Wildman–Crippen MR) is 97.4 cm³/mol. The number of sulfone groups is 1. The van der Waals surface area contributed by atoms with Crippen molar-refractivity contribution in [2.45, 2.75) is 19.0 Å². The number of rotatable bonds is 7. The van der Waals surface area contributed by atoms with Crippen LogP contribution in [-0.4, -0.2) is 55.4 Å². The molecule has 1 fully saturated rings. The summed E-state index contributed by atoms with van der Waals surface area (Å²) in [7, 11) is 0.217. The Bertz CT molecular complexity index is 875. The van der Waals surface area contributed by atoms with E-state index >= 15 is 0 Å². The van der Waals surface area contributed by atoms with E-state index in [-0.39, 0.29) is 17.5 Å². The molecule has 1 aliphatic heterocycles. The van der Waals surface area contributed by atoms with Gasteiger partial charge in [-0.3, -0.25) is 0 Å². The Morgan fingerprint density at radius 1 is 1.23 bits per heavy atom. The summed E-state index contributed by atoms with van der Waals surface area (Å²) in [6, 6.07) is 5.46. The molecule has 0 aliphatic carbocycles. The van der Waals surface area contributed by atoms with Crippen molar-refractivity contribution in [3.63, 3.8) is 0 Å². The molecular weight excluding hydrogens is 358 g/mol. The minimum absolute atomic E-state index is 0.0969. The highest BCUT2D eigenvalue weighted by Crippen LogP contribution is 2.27. The third-order valence-electron chi connectivity index (χ3n) is 4.05. The van der Waals surface area contributed by atoms with Gasteiger partial charge in [0, 0.05) is 12.6 Å². The number of nitrogens with one attached hydrogen (secondary N) is 2. The van der Waals surface area contributed by atoms with Gasteiger partial charge in [0.1, 0.15) is 0 Å². The molecule has 26 heavy (non-hydrogen) atoms. The summed E-state index contributed by atoms with van der Waals surface area (Å²) < 4.78 is 33.6. The Morgan fingerprint density at radius 2 is 2.04 bits per heavy atom. The molecule has 3 rings (SSSR count). The van der Waals surface area contributed by atoms with Crippen molar-refractivity contribution in [3.8, 4) is 11.5 Å². The van der Waals surface area contributed by atoms with Crippen LogP contribution in [0.5, 0.6) is 11.5 Å². The maximum atomic E-state index is 11.5. The van der Waals surface area contributed by atoms with E-state index in [0.29, 0.717) is 36.2 Å². The van der Waals surface area contributed by atoms with E-state index in [4.69, 9.17) is 9.47 Å². The van der Waals surface area contributed by atoms with Crippen LogP contribution in [0.15, 0.2) is 24.4 Å². The second-order valence-electron chi connectivity index (χ2n) is 5.95. The molecule has 1 aliphatic rings. The lowest BCUT2D eigenvalue weighted by Crippen LogP contribution is -2.22. The first kappa shape index (κ1) is 18.2. The molecule has 0 spiro atoms. The van der Waals surface area contributed by atoms with Crippen LogP contribution in [0.2, 0.25) is 0 Å². The normalized spacial score (nSPS) is 18.3. The number of benzene rings is 1. The second kappa shape index (κ2) is 7.73. The maximum Gasteiger partial charge on any atom is 0.244 e. The van der Waals surface area contributed by atoms with Crippen LogP contribution in [0.1, 0.15) is 12.0 Å². The number of anilines is 2. The summed E-state index contributed by atoms with van der Waals surface area (Å²) in [6.07, 6.45) is 2.06. The fourth-order valence-electron chi connectivity index (χ4n) is 2.72. The summed E-state index contributed by atoms with van der Waals surface area (Å²) in [5.41, 5.74) is 0.984. The SMILES string of the molecule is COc1ccc(CNc2cnnc(NC3CCS(=O)(=O)C3)n2)cc1OC. The zero-order valence-electron chi connectivity index (χ0n) is 14.6. The molecule has 1 aromatic heterocycles. The number of methoxy groups -OCH3 is 2. The molecule has 9 nitrogen and oxygen atoms in total. The smallest absolute Gasteiger partial charge is 0.244 e. The van der Waals surface area contributed by atoms with E-state index in [9.17, 15) is 8.42 Å². The highest BCUT2D eigenvalue weighted by Gasteiger charge is 2.28. The van der Waals surface area contributed by atoms with Gasteiger partial charge in [0.25, 0.3) is 0 Å². The Labute approximate surface area is 152 Å². The fraction of sp³-hybridized carbons (Fsp3) is 0.438. The lowest BCUT2D eigenvalue weighted by Gasteiger charge is -2.12. The molecule has 1 atom stereocenters. The minimum atomic E-state index is -2.96. The quantitative estimate of drug-likeness (QED) is 0.729. The molecule has 1 unspecified atom stereocenters. The summed E-state index contributed by atoms with van der Waals surface area (Å²) >= 11 is 0. The summed E-state index contributed by atoms with van der Waals surface area (Å²) in [5.74, 6) is 2.45. The molecule has 10 heteroatoms. The summed E-state index contributed by atoms with van der Waals surface area (Å²) in [5, 5.41) is 14.0. The first-order chi connectivity index (χ1) is 12.5. The average molecular weight is 379 g/mol. The van der Waals surface area contributed by atoms with Gasteiger partial charge in [0.2, 0.25) is 5.95 Å². The van der Waals surface area contributed by atoms with Gasteiger partial charge in [0.15, 0.2) is 27.2 Å². The molecule has 0 bridgehead atoms. The molecule has 140 valence electrons.